The Morgan fingerprint density at radius 1 is 1.41 bits per heavy atom. The van der Waals surface area contributed by atoms with E-state index in [1.165, 1.54) is 4.90 Å². The molecule has 3 aliphatic rings. The number of hydrogen-bond donors (Lipinski definition) is 2. The zero-order valence-corrected chi connectivity index (χ0v) is 16.7. The predicted octanol–water partition coefficient (Wildman–Crippen LogP) is 1.21. The van der Waals surface area contributed by atoms with Crippen molar-refractivity contribution in [2.45, 2.75) is 37.5 Å². The standard InChI is InChI=1S/C20H23ClN2O6/c1-2-28-19(27)14-13-7-8-20(29-13)15(14)18(26)23(9-10-24)16(20)17(25)22-12-6-4-3-5-11(12)21/h3-6,13-16,24H,2,7-10H2,1H3,(H,22,25)/t13-,14+,15+,16-,20+/m1/s1. The van der Waals surface area contributed by atoms with E-state index in [0.29, 0.717) is 23.6 Å². The fourth-order valence-electron chi connectivity index (χ4n) is 5.07. The van der Waals surface area contributed by atoms with Crippen LogP contribution in [0.1, 0.15) is 19.8 Å². The molecule has 4 rings (SSSR count). The number of hydrogen-bond acceptors (Lipinski definition) is 6. The number of ether oxygens (including phenoxy) is 2. The molecule has 1 spiro atoms. The van der Waals surface area contributed by atoms with Crippen LogP contribution in [0.4, 0.5) is 5.69 Å². The highest BCUT2D eigenvalue weighted by atomic mass is 35.5. The molecule has 1 aromatic rings. The lowest BCUT2D eigenvalue weighted by atomic mass is 9.71. The van der Waals surface area contributed by atoms with Crippen LogP contribution in [0.25, 0.3) is 0 Å². The minimum atomic E-state index is -1.11. The highest BCUT2D eigenvalue weighted by Gasteiger charge is 2.74. The van der Waals surface area contributed by atoms with E-state index < -0.39 is 41.5 Å². The molecule has 0 saturated carbocycles. The molecule has 8 nitrogen and oxygen atoms in total. The van der Waals surface area contributed by atoms with E-state index in [4.69, 9.17) is 21.1 Å². The first-order valence-electron chi connectivity index (χ1n) is 9.75. The van der Waals surface area contributed by atoms with Gasteiger partial charge in [-0.05, 0) is 31.9 Å². The molecule has 2 N–H and O–H groups in total. The van der Waals surface area contributed by atoms with Gasteiger partial charge in [-0.3, -0.25) is 14.4 Å². The maximum atomic E-state index is 13.3. The van der Waals surface area contributed by atoms with E-state index in [9.17, 15) is 19.5 Å². The molecule has 3 aliphatic heterocycles. The van der Waals surface area contributed by atoms with Crippen LogP contribution in [0, 0.1) is 11.8 Å². The molecule has 3 saturated heterocycles. The summed E-state index contributed by atoms with van der Waals surface area (Å²) >= 11 is 6.16. The zero-order valence-electron chi connectivity index (χ0n) is 16.0. The monoisotopic (exact) mass is 422 g/mol. The number of carbonyl (C=O) groups excluding carboxylic acids is 3. The fourth-order valence-corrected chi connectivity index (χ4v) is 5.25. The number of aliphatic hydroxyl groups excluding tert-OH is 1. The van der Waals surface area contributed by atoms with Gasteiger partial charge in [-0.25, -0.2) is 0 Å². The molecular formula is C20H23ClN2O6. The number of rotatable bonds is 6. The highest BCUT2D eigenvalue weighted by Crippen LogP contribution is 2.58. The number of esters is 1. The molecule has 156 valence electrons. The summed E-state index contributed by atoms with van der Waals surface area (Å²) in [5.41, 5.74) is -0.690. The number of anilines is 1. The average Bonchev–Trinajstić information content (AvgIpc) is 3.32. The van der Waals surface area contributed by atoms with Gasteiger partial charge in [0.15, 0.2) is 0 Å². The van der Waals surface area contributed by atoms with Crippen molar-refractivity contribution in [2.75, 3.05) is 25.1 Å². The van der Waals surface area contributed by atoms with Crippen LogP contribution < -0.4 is 5.32 Å². The van der Waals surface area contributed by atoms with Crippen LogP contribution in [0.15, 0.2) is 24.3 Å². The molecule has 5 atom stereocenters. The first-order valence-corrected chi connectivity index (χ1v) is 10.1. The summed E-state index contributed by atoms with van der Waals surface area (Å²) in [5, 5.41) is 12.6. The molecule has 2 bridgehead atoms. The van der Waals surface area contributed by atoms with Crippen molar-refractivity contribution in [3.63, 3.8) is 0 Å². The van der Waals surface area contributed by atoms with Crippen molar-refractivity contribution in [1.82, 2.24) is 4.90 Å². The summed E-state index contributed by atoms with van der Waals surface area (Å²) in [4.78, 5) is 40.4. The first kappa shape index (κ1) is 20.1. The Balaban J connectivity index is 1.69. The van der Waals surface area contributed by atoms with Crippen molar-refractivity contribution in [3.8, 4) is 0 Å². The zero-order chi connectivity index (χ0) is 20.8. The van der Waals surface area contributed by atoms with Gasteiger partial charge >= 0.3 is 5.97 Å². The number of β-amino-alcohol motifs (C(OH)–C–C–N with tert-alkyl or cyclic N) is 1. The van der Waals surface area contributed by atoms with Crippen molar-refractivity contribution >= 4 is 35.1 Å². The van der Waals surface area contributed by atoms with Crippen molar-refractivity contribution in [3.05, 3.63) is 29.3 Å². The third kappa shape index (κ3) is 3.01. The average molecular weight is 423 g/mol. The topological polar surface area (TPSA) is 105 Å². The summed E-state index contributed by atoms with van der Waals surface area (Å²) in [6, 6.07) is 5.83. The largest absolute Gasteiger partial charge is 0.466 e. The SMILES string of the molecule is CCOC(=O)[C@@H]1[C@H]2C(=O)N(CCO)[C@H](C(=O)Nc3ccccc3Cl)[C@]23CC[C@H]1O3. The molecule has 0 radical (unpaired) electrons. The van der Waals surface area contributed by atoms with Crippen molar-refractivity contribution < 1.29 is 29.0 Å². The van der Waals surface area contributed by atoms with Crippen LogP contribution in [-0.2, 0) is 23.9 Å². The van der Waals surface area contributed by atoms with Crippen LogP contribution in [0.2, 0.25) is 5.02 Å². The van der Waals surface area contributed by atoms with E-state index in [1.54, 1.807) is 31.2 Å². The molecular weight excluding hydrogens is 400 g/mol. The summed E-state index contributed by atoms with van der Waals surface area (Å²) in [7, 11) is 0. The van der Waals surface area contributed by atoms with Gasteiger partial charge in [-0.1, -0.05) is 23.7 Å². The van der Waals surface area contributed by atoms with E-state index in [1.807, 2.05) is 0 Å². The maximum Gasteiger partial charge on any atom is 0.312 e. The second kappa shape index (κ2) is 7.59. The Hall–Kier alpha value is -2.16. The Bertz CT molecular complexity index is 848. The van der Waals surface area contributed by atoms with Crippen molar-refractivity contribution in [1.29, 1.82) is 0 Å². The normalized spacial score (nSPS) is 32.4. The summed E-state index contributed by atoms with van der Waals surface area (Å²) in [5.74, 6) is -2.83. The number of nitrogens with zero attached hydrogens (tertiary/aromatic N) is 1. The van der Waals surface area contributed by atoms with Gasteiger partial charge in [0.1, 0.15) is 11.6 Å². The van der Waals surface area contributed by atoms with Gasteiger partial charge in [0.05, 0.1) is 41.9 Å². The third-order valence-electron chi connectivity index (χ3n) is 6.08. The highest BCUT2D eigenvalue weighted by molar-refractivity contribution is 6.33. The molecule has 9 heteroatoms. The Morgan fingerprint density at radius 2 is 2.17 bits per heavy atom. The number of para-hydroxylation sites is 1. The minimum Gasteiger partial charge on any atom is -0.466 e. The molecule has 3 heterocycles. The van der Waals surface area contributed by atoms with E-state index >= 15 is 0 Å². The molecule has 0 aromatic heterocycles. The molecule has 1 aromatic carbocycles. The summed E-state index contributed by atoms with van der Waals surface area (Å²) in [6.45, 7) is 1.57. The number of benzene rings is 1. The van der Waals surface area contributed by atoms with Crippen LogP contribution >= 0.6 is 11.6 Å². The molecule has 3 fully saturated rings. The van der Waals surface area contributed by atoms with E-state index in [2.05, 4.69) is 5.32 Å². The first-order chi connectivity index (χ1) is 13.9. The van der Waals surface area contributed by atoms with Gasteiger partial charge < -0.3 is 24.8 Å². The lowest BCUT2D eigenvalue weighted by Gasteiger charge is -2.33. The van der Waals surface area contributed by atoms with Gasteiger partial charge in [0, 0.05) is 6.54 Å². The van der Waals surface area contributed by atoms with Gasteiger partial charge in [0.2, 0.25) is 11.8 Å². The number of nitrogens with one attached hydrogen (secondary N) is 1. The molecule has 0 unspecified atom stereocenters. The van der Waals surface area contributed by atoms with Crippen LogP contribution in [0.5, 0.6) is 0 Å². The number of amides is 2. The quantitative estimate of drug-likeness (QED) is 0.667. The second-order valence-corrected chi connectivity index (χ2v) is 7.94. The molecule has 2 amide bonds. The lowest BCUT2D eigenvalue weighted by Crippen LogP contribution is -2.53. The number of aliphatic hydroxyl groups is 1. The van der Waals surface area contributed by atoms with E-state index in [-0.39, 0.29) is 25.7 Å². The third-order valence-corrected chi connectivity index (χ3v) is 6.41. The fraction of sp³-hybridized carbons (Fsp3) is 0.550. The van der Waals surface area contributed by atoms with Crippen molar-refractivity contribution in [2.24, 2.45) is 11.8 Å². The smallest absolute Gasteiger partial charge is 0.312 e. The minimum absolute atomic E-state index is 0.0265. The van der Waals surface area contributed by atoms with Crippen LogP contribution in [-0.4, -0.2) is 65.3 Å². The summed E-state index contributed by atoms with van der Waals surface area (Å²) in [6.07, 6.45) is 0.595. The van der Waals surface area contributed by atoms with Gasteiger partial charge in [-0.15, -0.1) is 0 Å². The summed E-state index contributed by atoms with van der Waals surface area (Å²) < 4.78 is 11.4. The molecule has 0 aliphatic carbocycles. The maximum absolute atomic E-state index is 13.3. The second-order valence-electron chi connectivity index (χ2n) is 7.53. The number of halogens is 1. The van der Waals surface area contributed by atoms with E-state index in [0.717, 1.165) is 0 Å². The van der Waals surface area contributed by atoms with Gasteiger partial charge in [0.25, 0.3) is 0 Å². The number of carbonyl (C=O) groups is 3. The Labute approximate surface area is 173 Å². The lowest BCUT2D eigenvalue weighted by molar-refractivity contribution is -0.154. The molecule has 29 heavy (non-hydrogen) atoms. The Kier molecular flexibility index (Phi) is 5.27. The Morgan fingerprint density at radius 3 is 2.86 bits per heavy atom. The number of likely N-dealkylation sites (tertiary alicyclic amines) is 1. The number of fused-ring (bicyclic) bond motifs is 1. The van der Waals surface area contributed by atoms with Crippen LogP contribution in [0.3, 0.4) is 0 Å². The predicted molar refractivity (Wildman–Crippen MR) is 103 cm³/mol. The van der Waals surface area contributed by atoms with Gasteiger partial charge in [-0.2, -0.15) is 0 Å².